The normalized spacial score (nSPS) is 20.8. The first-order valence-electron chi connectivity index (χ1n) is 12.8. The lowest BCUT2D eigenvalue weighted by atomic mass is 9.70. The van der Waals surface area contributed by atoms with Crippen molar-refractivity contribution in [3.05, 3.63) is 46.9 Å². The number of anilines is 2. The first-order valence-corrected chi connectivity index (χ1v) is 12.8. The third-order valence-corrected chi connectivity index (χ3v) is 8.11. The molecule has 1 fully saturated rings. The Morgan fingerprint density at radius 3 is 2.54 bits per heavy atom. The van der Waals surface area contributed by atoms with Crippen molar-refractivity contribution in [1.29, 1.82) is 0 Å². The summed E-state index contributed by atoms with van der Waals surface area (Å²) in [5.74, 6) is -1.32. The fourth-order valence-corrected chi connectivity index (χ4v) is 5.68. The zero-order valence-electron chi connectivity index (χ0n) is 21.7. The van der Waals surface area contributed by atoms with Crippen LogP contribution in [0.15, 0.2) is 24.3 Å². The lowest BCUT2D eigenvalue weighted by Crippen LogP contribution is -2.52. The minimum atomic E-state index is -1.03. The van der Waals surface area contributed by atoms with Crippen molar-refractivity contribution in [3.8, 4) is 5.88 Å². The highest BCUT2D eigenvalue weighted by Gasteiger charge is 2.45. The molecule has 2 aromatic rings. The van der Waals surface area contributed by atoms with Crippen LogP contribution in [0.4, 0.5) is 20.6 Å². The first-order chi connectivity index (χ1) is 17.5. The van der Waals surface area contributed by atoms with E-state index in [1.807, 2.05) is 13.8 Å². The SMILES string of the molecule is COc1ccc2c(n1)CCC(C(=O)OC(=O)C1(C)CCC1)N2C(=O)Nc1cc(F)c2c(c1)CCC2(C)C. The molecule has 1 aromatic carbocycles. The number of urea groups is 1. The predicted octanol–water partition coefficient (Wildman–Crippen LogP) is 5.07. The fraction of sp³-hybridized carbons (Fsp3) is 0.500. The van der Waals surface area contributed by atoms with Crippen LogP contribution in [0.25, 0.3) is 0 Å². The number of nitrogens with zero attached hydrogens (tertiary/aromatic N) is 2. The Kier molecular flexibility index (Phi) is 6.20. The Bertz CT molecular complexity index is 1290. The van der Waals surface area contributed by atoms with E-state index in [1.54, 1.807) is 25.1 Å². The van der Waals surface area contributed by atoms with Crippen LogP contribution >= 0.6 is 0 Å². The van der Waals surface area contributed by atoms with Crippen molar-refractivity contribution in [3.63, 3.8) is 0 Å². The van der Waals surface area contributed by atoms with Gasteiger partial charge in [0.2, 0.25) is 5.88 Å². The maximum Gasteiger partial charge on any atom is 0.336 e. The Labute approximate surface area is 215 Å². The van der Waals surface area contributed by atoms with Crippen LogP contribution in [0.2, 0.25) is 0 Å². The largest absolute Gasteiger partial charge is 0.481 e. The van der Waals surface area contributed by atoms with Gasteiger partial charge < -0.3 is 14.8 Å². The Hall–Kier alpha value is -3.49. The van der Waals surface area contributed by atoms with E-state index in [0.717, 1.165) is 24.8 Å². The second-order valence-electron chi connectivity index (χ2n) is 11.2. The van der Waals surface area contributed by atoms with E-state index in [-0.39, 0.29) is 17.7 Å². The smallest absolute Gasteiger partial charge is 0.336 e. The van der Waals surface area contributed by atoms with Crippen LogP contribution < -0.4 is 15.0 Å². The molecule has 1 saturated carbocycles. The maximum atomic E-state index is 15.1. The van der Waals surface area contributed by atoms with Crippen LogP contribution in [0.5, 0.6) is 5.88 Å². The molecule has 2 aliphatic carbocycles. The number of hydrogen-bond acceptors (Lipinski definition) is 6. The summed E-state index contributed by atoms with van der Waals surface area (Å²) in [6.07, 6.45) is 4.40. The number of ether oxygens (including phenoxy) is 2. The average Bonchev–Trinajstić information content (AvgIpc) is 3.15. The zero-order chi connectivity index (χ0) is 26.5. The zero-order valence-corrected chi connectivity index (χ0v) is 21.7. The molecule has 1 aliphatic heterocycles. The van der Waals surface area contributed by atoms with Crippen LogP contribution in [0.3, 0.4) is 0 Å². The molecule has 5 rings (SSSR count). The van der Waals surface area contributed by atoms with Gasteiger partial charge in [0.1, 0.15) is 11.9 Å². The molecule has 1 aromatic heterocycles. The molecule has 0 saturated heterocycles. The van der Waals surface area contributed by atoms with E-state index in [9.17, 15) is 14.4 Å². The summed E-state index contributed by atoms with van der Waals surface area (Å²) >= 11 is 0. The van der Waals surface area contributed by atoms with Gasteiger partial charge >= 0.3 is 18.0 Å². The number of nitrogens with one attached hydrogen (secondary N) is 1. The van der Waals surface area contributed by atoms with E-state index in [2.05, 4.69) is 10.3 Å². The van der Waals surface area contributed by atoms with Crippen molar-refractivity contribution in [2.24, 2.45) is 5.41 Å². The summed E-state index contributed by atoms with van der Waals surface area (Å²) in [6, 6.07) is 4.69. The van der Waals surface area contributed by atoms with Crippen LogP contribution in [0.1, 0.15) is 69.7 Å². The maximum absolute atomic E-state index is 15.1. The Balaban J connectivity index is 1.44. The minimum Gasteiger partial charge on any atom is -0.481 e. The second kappa shape index (κ2) is 9.11. The molecule has 2 amide bonds. The highest BCUT2D eigenvalue weighted by atomic mass is 19.1. The second-order valence-corrected chi connectivity index (χ2v) is 11.2. The topological polar surface area (TPSA) is 97.8 Å². The molecule has 37 heavy (non-hydrogen) atoms. The number of esters is 2. The molecule has 196 valence electrons. The molecule has 8 nitrogen and oxygen atoms in total. The molecule has 1 N–H and O–H groups in total. The lowest BCUT2D eigenvalue weighted by Gasteiger charge is -2.37. The van der Waals surface area contributed by atoms with Gasteiger partial charge in [-0.1, -0.05) is 20.3 Å². The number of halogens is 1. The molecule has 0 radical (unpaired) electrons. The highest BCUT2D eigenvalue weighted by Crippen LogP contribution is 2.43. The summed E-state index contributed by atoms with van der Waals surface area (Å²) in [6.45, 7) is 5.80. The number of amides is 2. The number of carbonyl (C=O) groups excluding carboxylic acids is 3. The lowest BCUT2D eigenvalue weighted by molar-refractivity contribution is -0.171. The van der Waals surface area contributed by atoms with Gasteiger partial charge in [0.25, 0.3) is 0 Å². The predicted molar refractivity (Wildman–Crippen MR) is 135 cm³/mol. The summed E-state index contributed by atoms with van der Waals surface area (Å²) in [5.41, 5.74) is 1.90. The number of carbonyl (C=O) groups is 3. The van der Waals surface area contributed by atoms with E-state index >= 15 is 4.39 Å². The van der Waals surface area contributed by atoms with Crippen molar-refractivity contribution in [2.45, 2.75) is 77.2 Å². The number of fused-ring (bicyclic) bond motifs is 2. The molecular weight excluding hydrogens is 477 g/mol. The van der Waals surface area contributed by atoms with Gasteiger partial charge in [-0.25, -0.2) is 19.0 Å². The van der Waals surface area contributed by atoms with Gasteiger partial charge in [-0.3, -0.25) is 9.69 Å². The van der Waals surface area contributed by atoms with Gasteiger partial charge in [0, 0.05) is 11.8 Å². The van der Waals surface area contributed by atoms with E-state index in [1.165, 1.54) is 18.1 Å². The number of rotatable bonds is 4. The molecule has 0 spiro atoms. The van der Waals surface area contributed by atoms with Crippen molar-refractivity contribution in [1.82, 2.24) is 4.98 Å². The molecule has 3 aliphatic rings. The van der Waals surface area contributed by atoms with Gasteiger partial charge in [-0.05, 0) is 80.2 Å². The van der Waals surface area contributed by atoms with Crippen molar-refractivity contribution < 1.29 is 28.2 Å². The monoisotopic (exact) mass is 509 g/mol. The quantitative estimate of drug-likeness (QED) is 0.457. The number of benzene rings is 1. The highest BCUT2D eigenvalue weighted by molar-refractivity contribution is 6.07. The number of aromatic nitrogens is 1. The molecule has 2 heterocycles. The van der Waals surface area contributed by atoms with Crippen LogP contribution in [-0.4, -0.2) is 36.1 Å². The molecule has 0 bridgehead atoms. The third kappa shape index (κ3) is 4.45. The van der Waals surface area contributed by atoms with E-state index in [4.69, 9.17) is 9.47 Å². The van der Waals surface area contributed by atoms with Gasteiger partial charge in [0.05, 0.1) is 23.9 Å². The molecule has 1 unspecified atom stereocenters. The number of pyridine rings is 1. The first kappa shape index (κ1) is 25.2. The van der Waals surface area contributed by atoms with Crippen molar-refractivity contribution in [2.75, 3.05) is 17.3 Å². The fourth-order valence-electron chi connectivity index (χ4n) is 5.68. The number of hydrogen-bond donors (Lipinski definition) is 1. The van der Waals surface area contributed by atoms with Crippen molar-refractivity contribution >= 4 is 29.3 Å². The number of methoxy groups -OCH3 is 1. The van der Waals surface area contributed by atoms with E-state index in [0.29, 0.717) is 47.8 Å². The Morgan fingerprint density at radius 1 is 1.11 bits per heavy atom. The minimum absolute atomic E-state index is 0.218. The van der Waals surface area contributed by atoms with Crippen LogP contribution in [-0.2, 0) is 32.6 Å². The summed E-state index contributed by atoms with van der Waals surface area (Å²) in [7, 11) is 1.50. The van der Waals surface area contributed by atoms with Gasteiger partial charge in [-0.15, -0.1) is 0 Å². The van der Waals surface area contributed by atoms with E-state index < -0.39 is 29.4 Å². The summed E-state index contributed by atoms with van der Waals surface area (Å²) < 4.78 is 25.6. The molecule has 9 heteroatoms. The van der Waals surface area contributed by atoms with Gasteiger partial charge in [0.15, 0.2) is 0 Å². The average molecular weight is 510 g/mol. The standard InChI is InChI=1S/C28H32FN3O5/c1-27(2)13-10-16-14-17(15-18(29)23(16)27)30-26(35)32-20-8-9-22(36-4)31-19(20)6-7-21(32)24(33)37-25(34)28(3)11-5-12-28/h8-9,14-15,21H,5-7,10-13H2,1-4H3,(H,30,35). The summed E-state index contributed by atoms with van der Waals surface area (Å²) in [4.78, 5) is 45.2. The summed E-state index contributed by atoms with van der Waals surface area (Å²) in [5, 5.41) is 2.77. The third-order valence-electron chi connectivity index (χ3n) is 8.11. The van der Waals surface area contributed by atoms with Gasteiger partial charge in [-0.2, -0.15) is 0 Å². The number of aryl methyl sites for hydroxylation is 2. The van der Waals surface area contributed by atoms with Crippen LogP contribution in [0, 0.1) is 11.2 Å². The Morgan fingerprint density at radius 2 is 1.86 bits per heavy atom. The molecular formula is C28H32FN3O5. The molecule has 1 atom stereocenters.